The monoisotopic (exact) mass is 179 g/mol. The number of nitrogens with one attached hydrogen (secondary N) is 1. The van der Waals surface area contributed by atoms with E-state index in [1.54, 1.807) is 0 Å². The molecule has 0 saturated carbocycles. The first kappa shape index (κ1) is 10.2. The zero-order valence-electron chi connectivity index (χ0n) is 8.75. The summed E-state index contributed by atoms with van der Waals surface area (Å²) < 4.78 is 0.812. The number of benzene rings is 1. The third-order valence-electron chi connectivity index (χ3n) is 1.84. The number of rotatable bonds is 4. The first-order chi connectivity index (χ1) is 6.08. The fourth-order valence-corrected chi connectivity index (χ4v) is 1.18. The Morgan fingerprint density at radius 3 is 2.23 bits per heavy atom. The molecule has 0 aliphatic carbocycles. The molecule has 1 aromatic rings. The second-order valence-electron chi connectivity index (χ2n) is 4.16. The summed E-state index contributed by atoms with van der Waals surface area (Å²) in [5.41, 5.74) is 4.80. The summed E-state index contributed by atoms with van der Waals surface area (Å²) in [7, 11) is 6.39. The van der Waals surface area contributed by atoms with Crippen molar-refractivity contribution in [3.63, 3.8) is 0 Å². The first-order valence-electron chi connectivity index (χ1n) is 4.68. The van der Waals surface area contributed by atoms with Crippen molar-refractivity contribution in [1.82, 2.24) is 5.43 Å². The Kier molecular flexibility index (Phi) is 3.46. The Morgan fingerprint density at radius 2 is 1.69 bits per heavy atom. The highest BCUT2D eigenvalue weighted by atomic mass is 15.6. The standard InChI is InChI=1S/C11H19N2/c1-13(2,3)12-10-9-11-7-5-4-6-8-11/h4-8,12H,9-10H2,1-3H3/q+1. The average Bonchev–Trinajstić information content (AvgIpc) is 2.04. The van der Waals surface area contributed by atoms with Crippen molar-refractivity contribution in [2.45, 2.75) is 6.42 Å². The summed E-state index contributed by atoms with van der Waals surface area (Å²) in [5.74, 6) is 0. The van der Waals surface area contributed by atoms with Crippen molar-refractivity contribution in [2.24, 2.45) is 0 Å². The molecule has 0 bridgehead atoms. The van der Waals surface area contributed by atoms with Crippen LogP contribution in [0.15, 0.2) is 30.3 Å². The molecule has 0 aromatic heterocycles. The highest BCUT2D eigenvalue weighted by Gasteiger charge is 2.04. The van der Waals surface area contributed by atoms with E-state index in [0.29, 0.717) is 0 Å². The molecule has 0 saturated heterocycles. The molecule has 0 atom stereocenters. The van der Waals surface area contributed by atoms with Gasteiger partial charge in [-0.25, -0.2) is 0 Å². The van der Waals surface area contributed by atoms with Gasteiger partial charge in [-0.1, -0.05) is 30.3 Å². The van der Waals surface area contributed by atoms with Gasteiger partial charge >= 0.3 is 0 Å². The Balaban J connectivity index is 2.29. The van der Waals surface area contributed by atoms with Crippen LogP contribution in [0.3, 0.4) is 0 Å². The van der Waals surface area contributed by atoms with Crippen LogP contribution in [0.25, 0.3) is 0 Å². The van der Waals surface area contributed by atoms with Gasteiger partial charge in [0.1, 0.15) is 0 Å². The summed E-state index contributed by atoms with van der Waals surface area (Å²) in [5, 5.41) is 0. The molecule has 0 fully saturated rings. The van der Waals surface area contributed by atoms with E-state index in [1.807, 2.05) is 0 Å². The van der Waals surface area contributed by atoms with Gasteiger partial charge in [0.25, 0.3) is 0 Å². The molecule has 72 valence electrons. The molecule has 0 amide bonds. The highest BCUT2D eigenvalue weighted by Crippen LogP contribution is 1.98. The van der Waals surface area contributed by atoms with Crippen molar-refractivity contribution in [2.75, 3.05) is 27.7 Å². The molecule has 0 spiro atoms. The van der Waals surface area contributed by atoms with Gasteiger partial charge in [0.05, 0.1) is 21.1 Å². The van der Waals surface area contributed by atoms with Crippen LogP contribution in [-0.4, -0.2) is 32.3 Å². The van der Waals surface area contributed by atoms with Crippen molar-refractivity contribution < 1.29 is 4.59 Å². The Labute approximate surface area is 80.7 Å². The number of hydrogen-bond donors (Lipinski definition) is 1. The lowest BCUT2D eigenvalue weighted by molar-refractivity contribution is -0.915. The fraction of sp³-hybridized carbons (Fsp3) is 0.455. The number of quaternary nitrogens is 1. The minimum absolute atomic E-state index is 0.812. The van der Waals surface area contributed by atoms with Gasteiger partial charge in [-0.15, -0.1) is 0 Å². The number of hydrogen-bond acceptors (Lipinski definition) is 1. The lowest BCUT2D eigenvalue weighted by Crippen LogP contribution is -2.48. The van der Waals surface area contributed by atoms with E-state index in [1.165, 1.54) is 5.56 Å². The molecule has 13 heavy (non-hydrogen) atoms. The van der Waals surface area contributed by atoms with Crippen LogP contribution in [0.4, 0.5) is 0 Å². The summed E-state index contributed by atoms with van der Waals surface area (Å²) in [6, 6.07) is 10.5. The van der Waals surface area contributed by atoms with E-state index in [4.69, 9.17) is 0 Å². The van der Waals surface area contributed by atoms with Gasteiger partial charge in [-0.05, 0) is 12.0 Å². The topological polar surface area (TPSA) is 12.0 Å². The normalized spacial score (nSPS) is 11.6. The maximum absolute atomic E-state index is 3.41. The van der Waals surface area contributed by atoms with E-state index >= 15 is 0 Å². The van der Waals surface area contributed by atoms with Gasteiger partial charge in [-0.3, -0.25) is 4.59 Å². The second kappa shape index (κ2) is 4.40. The molecule has 0 radical (unpaired) electrons. The van der Waals surface area contributed by atoms with Gasteiger partial charge < -0.3 is 0 Å². The van der Waals surface area contributed by atoms with Crippen LogP contribution in [0.5, 0.6) is 0 Å². The van der Waals surface area contributed by atoms with Crippen molar-refractivity contribution >= 4 is 0 Å². The van der Waals surface area contributed by atoms with Crippen LogP contribution in [-0.2, 0) is 6.42 Å². The lowest BCUT2D eigenvalue weighted by Gasteiger charge is -2.23. The molecule has 2 nitrogen and oxygen atoms in total. The van der Waals surface area contributed by atoms with Gasteiger partial charge in [-0.2, -0.15) is 5.43 Å². The zero-order valence-corrected chi connectivity index (χ0v) is 8.75. The molecule has 1 aromatic carbocycles. The average molecular weight is 179 g/mol. The van der Waals surface area contributed by atoms with Crippen LogP contribution < -0.4 is 5.43 Å². The van der Waals surface area contributed by atoms with Crippen molar-refractivity contribution in [3.05, 3.63) is 35.9 Å². The predicted octanol–water partition coefficient (Wildman–Crippen LogP) is 1.44. The SMILES string of the molecule is C[N+](C)(C)NCCc1ccccc1. The maximum Gasteiger partial charge on any atom is 0.0853 e. The molecular weight excluding hydrogens is 160 g/mol. The molecule has 1 N–H and O–H groups in total. The van der Waals surface area contributed by atoms with E-state index in [0.717, 1.165) is 17.6 Å². The molecule has 1 rings (SSSR count). The molecule has 0 heterocycles. The maximum atomic E-state index is 3.41. The van der Waals surface area contributed by atoms with Crippen LogP contribution >= 0.6 is 0 Å². The summed E-state index contributed by atoms with van der Waals surface area (Å²) >= 11 is 0. The van der Waals surface area contributed by atoms with Gasteiger partial charge in [0.15, 0.2) is 0 Å². The molecule has 2 heteroatoms. The fourth-order valence-electron chi connectivity index (χ4n) is 1.18. The van der Waals surface area contributed by atoms with Crippen molar-refractivity contribution in [1.29, 1.82) is 0 Å². The smallest absolute Gasteiger partial charge is 0.0853 e. The summed E-state index contributed by atoms with van der Waals surface area (Å²) in [4.78, 5) is 0. The highest BCUT2D eigenvalue weighted by molar-refractivity contribution is 5.14. The van der Waals surface area contributed by atoms with Crippen LogP contribution in [0.1, 0.15) is 5.56 Å². The second-order valence-corrected chi connectivity index (χ2v) is 4.16. The van der Waals surface area contributed by atoms with Crippen molar-refractivity contribution in [3.8, 4) is 0 Å². The van der Waals surface area contributed by atoms with E-state index in [-0.39, 0.29) is 0 Å². The molecule has 0 aliphatic rings. The third-order valence-corrected chi connectivity index (χ3v) is 1.84. The van der Waals surface area contributed by atoms with Crippen LogP contribution in [0.2, 0.25) is 0 Å². The largest absolute Gasteiger partial charge is 0.253 e. The summed E-state index contributed by atoms with van der Waals surface area (Å²) in [6.45, 7) is 1.02. The van der Waals surface area contributed by atoms with Gasteiger partial charge in [0, 0.05) is 6.54 Å². The van der Waals surface area contributed by atoms with E-state index < -0.39 is 0 Å². The minimum atomic E-state index is 0.812. The molecule has 0 aliphatic heterocycles. The lowest BCUT2D eigenvalue weighted by atomic mass is 10.2. The zero-order chi connectivity index (χ0) is 9.73. The molecular formula is C11H19N2+. The van der Waals surface area contributed by atoms with E-state index in [2.05, 4.69) is 56.9 Å². The summed E-state index contributed by atoms with van der Waals surface area (Å²) in [6.07, 6.45) is 1.09. The van der Waals surface area contributed by atoms with Gasteiger partial charge in [0.2, 0.25) is 0 Å². The minimum Gasteiger partial charge on any atom is -0.253 e. The molecule has 0 unspecified atom stereocenters. The van der Waals surface area contributed by atoms with E-state index in [9.17, 15) is 0 Å². The Hall–Kier alpha value is -0.860. The number of nitrogens with zero attached hydrogens (tertiary/aromatic N) is 1. The quantitative estimate of drug-likeness (QED) is 0.545. The van der Waals surface area contributed by atoms with Crippen LogP contribution in [0, 0.1) is 0 Å². The third kappa shape index (κ3) is 4.65. The predicted molar refractivity (Wildman–Crippen MR) is 56.2 cm³/mol. The first-order valence-corrected chi connectivity index (χ1v) is 4.68. The Bertz CT molecular complexity index is 236. The Morgan fingerprint density at radius 1 is 1.08 bits per heavy atom.